The van der Waals surface area contributed by atoms with Gasteiger partial charge in [0.2, 0.25) is 10.0 Å². The summed E-state index contributed by atoms with van der Waals surface area (Å²) in [6.45, 7) is 1.26. The van der Waals surface area contributed by atoms with Crippen molar-refractivity contribution >= 4 is 21.6 Å². The summed E-state index contributed by atoms with van der Waals surface area (Å²) in [7, 11) is -3.75. The zero-order valence-corrected chi connectivity index (χ0v) is 15.7. The maximum Gasteiger partial charge on any atom is 0.244 e. The zero-order chi connectivity index (χ0) is 17.9. The normalized spacial score (nSPS) is 22.6. The van der Waals surface area contributed by atoms with E-state index in [1.165, 1.54) is 6.07 Å². The molecule has 140 valence electrons. The van der Waals surface area contributed by atoms with Gasteiger partial charge in [-0.3, -0.25) is 0 Å². The Morgan fingerprint density at radius 2 is 2.12 bits per heavy atom. The first-order chi connectivity index (χ1) is 12.0. The van der Waals surface area contributed by atoms with Crippen LogP contribution in [0.15, 0.2) is 23.1 Å². The molecule has 1 aromatic rings. The van der Waals surface area contributed by atoms with Crippen molar-refractivity contribution in [2.45, 2.75) is 49.1 Å². The summed E-state index contributed by atoms with van der Waals surface area (Å²) >= 11 is 6.00. The highest BCUT2D eigenvalue weighted by atomic mass is 35.5. The fraction of sp³-hybridized carbons (Fsp3) is 0.647. The standard InChI is InChI=1S/C17H25ClN2O4S/c18-13-6-7-16(24-11-14-3-1-2-8-23-14)17(9-13)25(21,22)20-10-15(19)12-4-5-12/h6-7,9,12,14-15,20H,1-5,8,10-11,19H2. The molecule has 6 nitrogen and oxygen atoms in total. The summed E-state index contributed by atoms with van der Waals surface area (Å²) in [5, 5.41) is 0.341. The van der Waals surface area contributed by atoms with E-state index < -0.39 is 10.0 Å². The minimum atomic E-state index is -3.75. The van der Waals surface area contributed by atoms with E-state index in [4.69, 9.17) is 26.8 Å². The lowest BCUT2D eigenvalue weighted by atomic mass is 10.1. The van der Waals surface area contributed by atoms with E-state index in [9.17, 15) is 8.42 Å². The second kappa shape index (κ2) is 8.22. The largest absolute Gasteiger partial charge is 0.489 e. The molecule has 2 fully saturated rings. The van der Waals surface area contributed by atoms with Gasteiger partial charge in [0.1, 0.15) is 17.3 Å². The van der Waals surface area contributed by atoms with Gasteiger partial charge < -0.3 is 15.2 Å². The lowest BCUT2D eigenvalue weighted by Crippen LogP contribution is -2.38. The molecule has 3 N–H and O–H groups in total. The van der Waals surface area contributed by atoms with Crippen LogP contribution in [0.4, 0.5) is 0 Å². The lowest BCUT2D eigenvalue weighted by molar-refractivity contribution is -0.0116. The van der Waals surface area contributed by atoms with Gasteiger partial charge in [-0.1, -0.05) is 11.6 Å². The van der Waals surface area contributed by atoms with Crippen LogP contribution in [-0.2, 0) is 14.8 Å². The first kappa shape index (κ1) is 18.9. The van der Waals surface area contributed by atoms with Crippen LogP contribution in [0.1, 0.15) is 32.1 Å². The summed E-state index contributed by atoms with van der Waals surface area (Å²) < 4.78 is 39.3. The van der Waals surface area contributed by atoms with Crippen molar-refractivity contribution in [2.75, 3.05) is 19.8 Å². The highest BCUT2D eigenvalue weighted by molar-refractivity contribution is 7.89. The molecular formula is C17H25ClN2O4S. The van der Waals surface area contributed by atoms with Crippen LogP contribution in [0.2, 0.25) is 5.02 Å². The molecule has 1 saturated carbocycles. The third-order valence-electron chi connectivity index (χ3n) is 4.63. The molecule has 0 spiro atoms. The van der Waals surface area contributed by atoms with E-state index in [0.717, 1.165) is 38.7 Å². The predicted molar refractivity (Wildman–Crippen MR) is 96.4 cm³/mol. The highest BCUT2D eigenvalue weighted by Crippen LogP contribution is 2.32. The maximum atomic E-state index is 12.7. The summed E-state index contributed by atoms with van der Waals surface area (Å²) in [5.41, 5.74) is 5.99. The van der Waals surface area contributed by atoms with Gasteiger partial charge in [-0.25, -0.2) is 13.1 Å². The molecule has 1 aliphatic heterocycles. The van der Waals surface area contributed by atoms with Crippen LogP contribution < -0.4 is 15.2 Å². The SMILES string of the molecule is NC(CNS(=O)(=O)c1cc(Cl)ccc1OCC1CCCCO1)C1CC1. The van der Waals surface area contributed by atoms with Crippen molar-refractivity contribution in [1.82, 2.24) is 4.72 Å². The molecule has 1 aromatic carbocycles. The van der Waals surface area contributed by atoms with Crippen LogP contribution in [-0.4, -0.2) is 40.3 Å². The van der Waals surface area contributed by atoms with Crippen LogP contribution in [0, 0.1) is 5.92 Å². The number of ether oxygens (including phenoxy) is 2. The first-order valence-electron chi connectivity index (χ1n) is 8.75. The molecular weight excluding hydrogens is 364 g/mol. The van der Waals surface area contributed by atoms with Gasteiger partial charge in [-0.15, -0.1) is 0 Å². The van der Waals surface area contributed by atoms with Gasteiger partial charge in [0.15, 0.2) is 0 Å². The molecule has 1 saturated heterocycles. The van der Waals surface area contributed by atoms with Crippen molar-refractivity contribution < 1.29 is 17.9 Å². The van der Waals surface area contributed by atoms with Gasteiger partial charge in [-0.2, -0.15) is 0 Å². The molecule has 0 radical (unpaired) electrons. The van der Waals surface area contributed by atoms with E-state index in [1.807, 2.05) is 0 Å². The molecule has 1 heterocycles. The Labute approximate surface area is 154 Å². The van der Waals surface area contributed by atoms with Crippen molar-refractivity contribution in [3.63, 3.8) is 0 Å². The lowest BCUT2D eigenvalue weighted by Gasteiger charge is -2.23. The molecule has 2 aliphatic rings. The van der Waals surface area contributed by atoms with Crippen molar-refractivity contribution in [3.05, 3.63) is 23.2 Å². The molecule has 1 aliphatic carbocycles. The summed E-state index contributed by atoms with van der Waals surface area (Å²) in [6, 6.07) is 4.45. The topological polar surface area (TPSA) is 90.7 Å². The van der Waals surface area contributed by atoms with Gasteiger partial charge in [0.05, 0.1) is 6.10 Å². The van der Waals surface area contributed by atoms with Gasteiger partial charge in [0.25, 0.3) is 0 Å². The molecule has 8 heteroatoms. The predicted octanol–water partition coefficient (Wildman–Crippen LogP) is 2.30. The van der Waals surface area contributed by atoms with E-state index in [2.05, 4.69) is 4.72 Å². The highest BCUT2D eigenvalue weighted by Gasteiger charge is 2.30. The van der Waals surface area contributed by atoms with E-state index >= 15 is 0 Å². The Hall–Kier alpha value is -0.860. The Morgan fingerprint density at radius 1 is 1.32 bits per heavy atom. The van der Waals surface area contributed by atoms with Crippen molar-refractivity contribution in [1.29, 1.82) is 0 Å². The number of sulfonamides is 1. The monoisotopic (exact) mass is 388 g/mol. The molecule has 0 amide bonds. The first-order valence-corrected chi connectivity index (χ1v) is 10.6. The van der Waals surface area contributed by atoms with Gasteiger partial charge in [-0.05, 0) is 56.2 Å². The molecule has 3 rings (SSSR count). The zero-order valence-electron chi connectivity index (χ0n) is 14.1. The molecule has 0 aromatic heterocycles. The maximum absolute atomic E-state index is 12.7. The molecule has 0 bridgehead atoms. The fourth-order valence-electron chi connectivity index (χ4n) is 2.91. The second-order valence-electron chi connectivity index (χ2n) is 6.74. The minimum absolute atomic E-state index is 0.00349. The molecule has 2 atom stereocenters. The number of nitrogens with two attached hydrogens (primary N) is 1. The smallest absolute Gasteiger partial charge is 0.244 e. The van der Waals surface area contributed by atoms with Gasteiger partial charge in [0, 0.05) is 24.2 Å². The van der Waals surface area contributed by atoms with Crippen molar-refractivity contribution in [2.24, 2.45) is 11.7 Å². The third kappa shape index (κ3) is 5.31. The van der Waals surface area contributed by atoms with Gasteiger partial charge >= 0.3 is 0 Å². The number of rotatable bonds is 8. The number of halogens is 1. The number of hydrogen-bond donors (Lipinski definition) is 2. The Kier molecular flexibility index (Phi) is 6.22. The second-order valence-corrected chi connectivity index (χ2v) is 8.92. The van der Waals surface area contributed by atoms with E-state index in [0.29, 0.717) is 17.5 Å². The Morgan fingerprint density at radius 3 is 2.80 bits per heavy atom. The average molecular weight is 389 g/mol. The minimum Gasteiger partial charge on any atom is -0.489 e. The molecule has 25 heavy (non-hydrogen) atoms. The Bertz CT molecular complexity index is 688. The van der Waals surface area contributed by atoms with Crippen LogP contribution >= 0.6 is 11.6 Å². The number of benzene rings is 1. The number of nitrogens with one attached hydrogen (secondary N) is 1. The number of hydrogen-bond acceptors (Lipinski definition) is 5. The van der Waals surface area contributed by atoms with Crippen LogP contribution in [0.25, 0.3) is 0 Å². The third-order valence-corrected chi connectivity index (χ3v) is 6.31. The van der Waals surface area contributed by atoms with Crippen molar-refractivity contribution in [3.8, 4) is 5.75 Å². The quantitative estimate of drug-likeness (QED) is 0.713. The average Bonchev–Trinajstić information content (AvgIpc) is 3.45. The van der Waals surface area contributed by atoms with E-state index in [1.54, 1.807) is 12.1 Å². The van der Waals surface area contributed by atoms with Crippen LogP contribution in [0.5, 0.6) is 5.75 Å². The summed E-state index contributed by atoms with van der Waals surface area (Å²) in [6.07, 6.45) is 5.20. The summed E-state index contributed by atoms with van der Waals surface area (Å²) in [5.74, 6) is 0.701. The van der Waals surface area contributed by atoms with Crippen LogP contribution in [0.3, 0.4) is 0 Å². The fourth-order valence-corrected chi connectivity index (χ4v) is 4.39. The Balaban J connectivity index is 1.68. The summed E-state index contributed by atoms with van der Waals surface area (Å²) in [4.78, 5) is 0.0406. The van der Waals surface area contributed by atoms with E-state index in [-0.39, 0.29) is 29.3 Å². The molecule has 2 unspecified atom stereocenters.